The minimum absolute atomic E-state index is 0.0200. The van der Waals surface area contributed by atoms with Crippen LogP contribution in [0.2, 0.25) is 0 Å². The predicted molar refractivity (Wildman–Crippen MR) is 53.0 cm³/mol. The number of hydrogen-bond donors (Lipinski definition) is 0. The summed E-state index contributed by atoms with van der Waals surface area (Å²) < 4.78 is 6.98. The summed E-state index contributed by atoms with van der Waals surface area (Å²) in [5.74, 6) is 0. The van der Waals surface area contributed by atoms with Crippen LogP contribution in [0.25, 0.3) is 0 Å². The topological polar surface area (TPSA) is 27.1 Å². The van der Waals surface area contributed by atoms with Crippen LogP contribution in [-0.2, 0) is 11.3 Å². The van der Waals surface area contributed by atoms with E-state index < -0.39 is 0 Å². The van der Waals surface area contributed by atoms with Crippen molar-refractivity contribution in [1.29, 1.82) is 0 Å². The lowest BCUT2D eigenvalue weighted by molar-refractivity contribution is 0.0998. The lowest BCUT2D eigenvalue weighted by Gasteiger charge is -2.08. The van der Waals surface area contributed by atoms with Gasteiger partial charge in [0.05, 0.1) is 24.2 Å². The van der Waals surface area contributed by atoms with Crippen molar-refractivity contribution in [3.05, 3.63) is 18.0 Å². The molecule has 3 nitrogen and oxygen atoms in total. The second-order valence-electron chi connectivity index (χ2n) is 3.16. The number of aromatic nitrogens is 2. The first-order valence-electron chi connectivity index (χ1n) is 4.32. The van der Waals surface area contributed by atoms with Crippen LogP contribution in [0.15, 0.2) is 12.4 Å². The second kappa shape index (κ2) is 4.63. The highest BCUT2D eigenvalue weighted by Gasteiger charge is 2.06. The van der Waals surface area contributed by atoms with Gasteiger partial charge in [-0.15, -0.1) is 11.6 Å². The molecular weight excluding hydrogens is 188 g/mol. The molecule has 1 heterocycles. The van der Waals surface area contributed by atoms with E-state index in [1.807, 2.05) is 24.7 Å². The summed E-state index contributed by atoms with van der Waals surface area (Å²) in [6, 6.07) is 0. The molecule has 1 aromatic rings. The maximum absolute atomic E-state index is 5.90. The number of rotatable bonds is 4. The summed E-state index contributed by atoms with van der Waals surface area (Å²) >= 11 is 5.90. The van der Waals surface area contributed by atoms with Gasteiger partial charge in [0.1, 0.15) is 0 Å². The Hall–Kier alpha value is -0.540. The Bertz CT molecular complexity index is 260. The van der Waals surface area contributed by atoms with Crippen molar-refractivity contribution < 1.29 is 4.74 Å². The minimum atomic E-state index is 0.0200. The van der Waals surface area contributed by atoms with E-state index in [4.69, 9.17) is 16.3 Å². The molecule has 0 aliphatic heterocycles. The molecule has 0 saturated carbocycles. The third kappa shape index (κ3) is 3.01. The molecule has 0 bridgehead atoms. The van der Waals surface area contributed by atoms with E-state index in [9.17, 15) is 0 Å². The smallest absolute Gasteiger partial charge is 0.0739 e. The Morgan fingerprint density at radius 2 is 2.31 bits per heavy atom. The first-order valence-corrected chi connectivity index (χ1v) is 4.76. The van der Waals surface area contributed by atoms with E-state index in [0.717, 1.165) is 12.1 Å². The van der Waals surface area contributed by atoms with Gasteiger partial charge < -0.3 is 4.74 Å². The number of hydrogen-bond acceptors (Lipinski definition) is 2. The van der Waals surface area contributed by atoms with Crippen molar-refractivity contribution in [3.8, 4) is 0 Å². The monoisotopic (exact) mass is 202 g/mol. The fourth-order valence-electron chi connectivity index (χ4n) is 1.02. The van der Waals surface area contributed by atoms with Gasteiger partial charge in [0.2, 0.25) is 0 Å². The maximum Gasteiger partial charge on any atom is 0.0739 e. The van der Waals surface area contributed by atoms with Crippen molar-refractivity contribution in [2.75, 3.05) is 7.11 Å². The second-order valence-corrected chi connectivity index (χ2v) is 3.81. The molecule has 2 unspecified atom stereocenters. The summed E-state index contributed by atoms with van der Waals surface area (Å²) in [6.45, 7) is 4.70. The molecule has 0 aliphatic rings. The van der Waals surface area contributed by atoms with Gasteiger partial charge in [0.25, 0.3) is 0 Å². The Labute approximate surface area is 83.6 Å². The van der Waals surface area contributed by atoms with Gasteiger partial charge >= 0.3 is 0 Å². The largest absolute Gasteiger partial charge is 0.380 e. The van der Waals surface area contributed by atoms with Crippen LogP contribution in [0.1, 0.15) is 24.8 Å². The predicted octanol–water partition coefficient (Wildman–Crippen LogP) is 2.22. The Morgan fingerprint density at radius 1 is 1.62 bits per heavy atom. The van der Waals surface area contributed by atoms with Crippen LogP contribution in [0, 0.1) is 0 Å². The van der Waals surface area contributed by atoms with Gasteiger partial charge in [0, 0.05) is 18.9 Å². The first-order chi connectivity index (χ1) is 6.13. The molecule has 2 atom stereocenters. The van der Waals surface area contributed by atoms with E-state index in [1.54, 1.807) is 13.3 Å². The van der Waals surface area contributed by atoms with Crippen LogP contribution in [-0.4, -0.2) is 23.0 Å². The first kappa shape index (κ1) is 10.5. The maximum atomic E-state index is 5.90. The van der Waals surface area contributed by atoms with Crippen LogP contribution in [0.5, 0.6) is 0 Å². The zero-order chi connectivity index (χ0) is 9.84. The molecule has 0 saturated heterocycles. The van der Waals surface area contributed by atoms with Gasteiger partial charge in [-0.2, -0.15) is 5.10 Å². The third-order valence-corrected chi connectivity index (χ3v) is 2.21. The quantitative estimate of drug-likeness (QED) is 0.701. The van der Waals surface area contributed by atoms with E-state index in [0.29, 0.717) is 0 Å². The van der Waals surface area contributed by atoms with Crippen molar-refractivity contribution in [2.45, 2.75) is 31.9 Å². The third-order valence-electron chi connectivity index (χ3n) is 1.96. The highest BCUT2D eigenvalue weighted by atomic mass is 35.5. The van der Waals surface area contributed by atoms with Crippen LogP contribution in [0.3, 0.4) is 0 Å². The van der Waals surface area contributed by atoms with Gasteiger partial charge in [-0.25, -0.2) is 0 Å². The fraction of sp³-hybridized carbons (Fsp3) is 0.667. The average Bonchev–Trinajstić information content (AvgIpc) is 2.52. The van der Waals surface area contributed by atoms with Crippen molar-refractivity contribution in [1.82, 2.24) is 9.78 Å². The number of halogens is 1. The van der Waals surface area contributed by atoms with Crippen molar-refractivity contribution >= 4 is 11.6 Å². The summed E-state index contributed by atoms with van der Waals surface area (Å²) in [6.07, 6.45) is 3.92. The Kier molecular flexibility index (Phi) is 3.75. The standard InChI is InChI=1S/C9H15ClN2O/c1-7(13-3)5-12-6-9(4-11-12)8(2)10/h4,6-8H,5H2,1-3H3. The molecule has 1 rings (SSSR count). The molecule has 0 aliphatic carbocycles. The van der Waals surface area contributed by atoms with E-state index in [1.165, 1.54) is 0 Å². The van der Waals surface area contributed by atoms with Crippen LogP contribution >= 0.6 is 11.6 Å². The molecule has 0 radical (unpaired) electrons. The Morgan fingerprint density at radius 3 is 2.77 bits per heavy atom. The molecular formula is C9H15ClN2O. The average molecular weight is 203 g/mol. The molecule has 0 aromatic carbocycles. The van der Waals surface area contributed by atoms with Gasteiger partial charge in [-0.1, -0.05) is 0 Å². The number of nitrogens with zero attached hydrogens (tertiary/aromatic N) is 2. The molecule has 0 N–H and O–H groups in total. The normalized spacial score (nSPS) is 15.7. The molecule has 74 valence electrons. The molecule has 1 aromatic heterocycles. The SMILES string of the molecule is COC(C)Cn1cc(C(C)Cl)cn1. The fourth-order valence-corrected chi connectivity index (χ4v) is 1.14. The summed E-state index contributed by atoms with van der Waals surface area (Å²) in [5.41, 5.74) is 1.05. The number of methoxy groups -OCH3 is 1. The zero-order valence-corrected chi connectivity index (χ0v) is 8.95. The van der Waals surface area contributed by atoms with Crippen LogP contribution < -0.4 is 0 Å². The van der Waals surface area contributed by atoms with E-state index in [-0.39, 0.29) is 11.5 Å². The Balaban J connectivity index is 2.58. The molecule has 4 heteroatoms. The minimum Gasteiger partial charge on any atom is -0.380 e. The number of alkyl halides is 1. The van der Waals surface area contributed by atoms with E-state index >= 15 is 0 Å². The molecule has 0 fully saturated rings. The highest BCUT2D eigenvalue weighted by Crippen LogP contribution is 2.17. The number of ether oxygens (including phenoxy) is 1. The zero-order valence-electron chi connectivity index (χ0n) is 8.20. The lowest BCUT2D eigenvalue weighted by atomic mass is 10.3. The van der Waals surface area contributed by atoms with Gasteiger partial charge in [-0.3, -0.25) is 4.68 Å². The summed E-state index contributed by atoms with van der Waals surface area (Å²) in [4.78, 5) is 0. The summed E-state index contributed by atoms with van der Waals surface area (Å²) in [5, 5.41) is 4.20. The van der Waals surface area contributed by atoms with Gasteiger partial charge in [0.15, 0.2) is 0 Å². The highest BCUT2D eigenvalue weighted by molar-refractivity contribution is 6.20. The van der Waals surface area contributed by atoms with Gasteiger partial charge in [-0.05, 0) is 13.8 Å². The molecule has 0 amide bonds. The van der Waals surface area contributed by atoms with Crippen molar-refractivity contribution in [3.63, 3.8) is 0 Å². The lowest BCUT2D eigenvalue weighted by Crippen LogP contribution is -2.14. The molecule has 13 heavy (non-hydrogen) atoms. The summed E-state index contributed by atoms with van der Waals surface area (Å²) in [7, 11) is 1.69. The van der Waals surface area contributed by atoms with Crippen molar-refractivity contribution in [2.24, 2.45) is 0 Å². The van der Waals surface area contributed by atoms with E-state index in [2.05, 4.69) is 5.10 Å². The van der Waals surface area contributed by atoms with Crippen LogP contribution in [0.4, 0.5) is 0 Å². The molecule has 0 spiro atoms.